The molecule has 78 valence electrons. The number of esters is 2. The lowest BCUT2D eigenvalue weighted by Crippen LogP contribution is -2.41. The minimum Gasteiger partial charge on any atom is -0.469 e. The van der Waals surface area contributed by atoms with E-state index >= 15 is 0 Å². The van der Waals surface area contributed by atoms with Crippen molar-refractivity contribution < 1.29 is 19.1 Å². The van der Waals surface area contributed by atoms with Crippen LogP contribution < -0.4 is 0 Å². The Morgan fingerprint density at radius 3 is 1.43 bits per heavy atom. The summed E-state index contributed by atoms with van der Waals surface area (Å²) in [6.07, 6.45) is 0. The minimum atomic E-state index is -0.451. The smallest absolute Gasteiger partial charge is 0.314 e. The van der Waals surface area contributed by atoms with Gasteiger partial charge in [0.2, 0.25) is 0 Å². The van der Waals surface area contributed by atoms with Gasteiger partial charge in [-0.1, -0.05) is 11.1 Å². The van der Waals surface area contributed by atoms with Gasteiger partial charge in [0.1, 0.15) is 0 Å². The van der Waals surface area contributed by atoms with Crippen LogP contribution in [0.2, 0.25) is 0 Å². The Hall–Kier alpha value is -1.32. The van der Waals surface area contributed by atoms with Crippen molar-refractivity contribution in [3.63, 3.8) is 0 Å². The molecule has 0 aromatic heterocycles. The van der Waals surface area contributed by atoms with Gasteiger partial charge in [0.05, 0.1) is 26.1 Å². The second-order valence-corrected chi connectivity index (χ2v) is 3.37. The normalized spacial score (nSPS) is 25.4. The molecule has 0 aliphatic heterocycles. The maximum atomic E-state index is 11.3. The average Bonchev–Trinajstić information content (AvgIpc) is 2.22. The highest BCUT2D eigenvalue weighted by Crippen LogP contribution is 2.41. The molecule has 0 heterocycles. The van der Waals surface area contributed by atoms with Gasteiger partial charge in [-0.3, -0.25) is 9.59 Å². The van der Waals surface area contributed by atoms with E-state index in [0.717, 1.165) is 11.1 Å². The van der Waals surface area contributed by atoms with Crippen LogP contribution in [0.4, 0.5) is 0 Å². The fraction of sp³-hybridized carbons (Fsp3) is 0.600. The summed E-state index contributed by atoms with van der Waals surface area (Å²) >= 11 is 0. The summed E-state index contributed by atoms with van der Waals surface area (Å²) in [5.41, 5.74) is 1.82. The van der Waals surface area contributed by atoms with Gasteiger partial charge in [-0.25, -0.2) is 0 Å². The molecule has 4 heteroatoms. The topological polar surface area (TPSA) is 52.6 Å². The van der Waals surface area contributed by atoms with Crippen LogP contribution in [0.1, 0.15) is 13.8 Å². The molecule has 0 amide bonds. The molecular weight excluding hydrogens is 184 g/mol. The SMILES string of the molecule is COC(=O)[C@H]1C(C)=C(C)[C@@H]1C(=O)OC. The maximum absolute atomic E-state index is 11.3. The van der Waals surface area contributed by atoms with E-state index in [9.17, 15) is 9.59 Å². The van der Waals surface area contributed by atoms with Gasteiger partial charge in [0.15, 0.2) is 0 Å². The Balaban J connectivity index is 2.88. The third kappa shape index (κ3) is 1.41. The number of ether oxygens (including phenoxy) is 2. The van der Waals surface area contributed by atoms with E-state index in [2.05, 4.69) is 9.47 Å². The van der Waals surface area contributed by atoms with Crippen molar-refractivity contribution in [3.8, 4) is 0 Å². The highest BCUT2D eigenvalue weighted by molar-refractivity contribution is 5.90. The van der Waals surface area contributed by atoms with E-state index < -0.39 is 11.8 Å². The van der Waals surface area contributed by atoms with Crippen molar-refractivity contribution in [2.45, 2.75) is 13.8 Å². The molecule has 0 aromatic rings. The lowest BCUT2D eigenvalue weighted by atomic mass is 9.69. The van der Waals surface area contributed by atoms with Crippen molar-refractivity contribution in [1.82, 2.24) is 0 Å². The third-order valence-electron chi connectivity index (χ3n) is 2.80. The molecule has 0 aromatic carbocycles. The van der Waals surface area contributed by atoms with Crippen LogP contribution in [-0.4, -0.2) is 26.2 Å². The average molecular weight is 198 g/mol. The fourth-order valence-corrected chi connectivity index (χ4v) is 1.77. The second-order valence-electron chi connectivity index (χ2n) is 3.37. The molecule has 0 bridgehead atoms. The monoisotopic (exact) mass is 198 g/mol. The van der Waals surface area contributed by atoms with Gasteiger partial charge in [-0.15, -0.1) is 0 Å². The molecule has 0 saturated carbocycles. The zero-order chi connectivity index (χ0) is 10.9. The summed E-state index contributed by atoms with van der Waals surface area (Å²) in [5.74, 6) is -1.65. The Morgan fingerprint density at radius 2 is 1.21 bits per heavy atom. The van der Waals surface area contributed by atoms with E-state index in [1.54, 1.807) is 0 Å². The van der Waals surface area contributed by atoms with Crippen LogP contribution in [0.15, 0.2) is 11.1 Å². The Kier molecular flexibility index (Phi) is 2.93. The molecular formula is C10H14O4. The lowest BCUT2D eigenvalue weighted by molar-refractivity contribution is -0.156. The first-order chi connectivity index (χ1) is 6.54. The minimum absolute atomic E-state index is 0.372. The Morgan fingerprint density at radius 1 is 0.929 bits per heavy atom. The molecule has 1 aliphatic rings. The van der Waals surface area contributed by atoms with Crippen molar-refractivity contribution >= 4 is 11.9 Å². The van der Waals surface area contributed by atoms with Gasteiger partial charge in [0, 0.05) is 0 Å². The fourth-order valence-electron chi connectivity index (χ4n) is 1.77. The van der Waals surface area contributed by atoms with Crippen LogP contribution in [0.5, 0.6) is 0 Å². The molecule has 1 rings (SSSR count). The predicted octanol–water partition coefficient (Wildman–Crippen LogP) is 0.915. The second kappa shape index (κ2) is 3.82. The number of methoxy groups -OCH3 is 2. The van der Waals surface area contributed by atoms with Crippen molar-refractivity contribution in [3.05, 3.63) is 11.1 Å². The lowest BCUT2D eigenvalue weighted by Gasteiger charge is -2.35. The highest BCUT2D eigenvalue weighted by atomic mass is 16.5. The van der Waals surface area contributed by atoms with Gasteiger partial charge in [-0.2, -0.15) is 0 Å². The molecule has 0 fully saturated rings. The first kappa shape index (κ1) is 10.8. The Bertz CT molecular complexity index is 273. The zero-order valence-electron chi connectivity index (χ0n) is 8.79. The molecule has 0 spiro atoms. The summed E-state index contributed by atoms with van der Waals surface area (Å²) in [6, 6.07) is 0. The number of rotatable bonds is 2. The quantitative estimate of drug-likeness (QED) is 0.489. The highest BCUT2D eigenvalue weighted by Gasteiger charge is 2.46. The summed E-state index contributed by atoms with van der Waals surface area (Å²) in [7, 11) is 2.63. The molecule has 0 unspecified atom stereocenters. The van der Waals surface area contributed by atoms with Crippen molar-refractivity contribution in [1.29, 1.82) is 0 Å². The Labute approximate surface area is 82.9 Å². The number of carbonyl (C=O) groups is 2. The molecule has 4 nitrogen and oxygen atoms in total. The van der Waals surface area contributed by atoms with E-state index in [4.69, 9.17) is 0 Å². The van der Waals surface area contributed by atoms with Crippen molar-refractivity contribution in [2.24, 2.45) is 11.8 Å². The van der Waals surface area contributed by atoms with Crippen LogP contribution in [0.25, 0.3) is 0 Å². The largest absolute Gasteiger partial charge is 0.469 e. The van der Waals surface area contributed by atoms with E-state index in [1.165, 1.54) is 14.2 Å². The summed E-state index contributed by atoms with van der Waals surface area (Å²) in [4.78, 5) is 22.6. The number of hydrogen-bond acceptors (Lipinski definition) is 4. The molecule has 0 N–H and O–H groups in total. The molecule has 2 atom stereocenters. The first-order valence-electron chi connectivity index (χ1n) is 4.37. The first-order valence-corrected chi connectivity index (χ1v) is 4.37. The summed E-state index contributed by atoms with van der Waals surface area (Å²) in [6.45, 7) is 3.66. The molecule has 0 saturated heterocycles. The maximum Gasteiger partial charge on any atom is 0.314 e. The van der Waals surface area contributed by atoms with Gasteiger partial charge < -0.3 is 9.47 Å². The van der Waals surface area contributed by atoms with Gasteiger partial charge in [0.25, 0.3) is 0 Å². The zero-order valence-corrected chi connectivity index (χ0v) is 8.79. The number of carbonyl (C=O) groups excluding carboxylic acids is 2. The molecule has 14 heavy (non-hydrogen) atoms. The third-order valence-corrected chi connectivity index (χ3v) is 2.80. The number of hydrogen-bond donors (Lipinski definition) is 0. The van der Waals surface area contributed by atoms with Crippen molar-refractivity contribution in [2.75, 3.05) is 14.2 Å². The van der Waals surface area contributed by atoms with E-state index in [-0.39, 0.29) is 11.9 Å². The van der Waals surface area contributed by atoms with E-state index in [1.807, 2.05) is 13.8 Å². The standard InChI is InChI=1S/C10H14O4/c1-5-6(2)8(10(12)14-4)7(5)9(11)13-3/h7-8H,1-4H3/t7-,8-/m0/s1. The van der Waals surface area contributed by atoms with Gasteiger partial charge in [-0.05, 0) is 13.8 Å². The van der Waals surface area contributed by atoms with Crippen LogP contribution in [-0.2, 0) is 19.1 Å². The molecule has 1 aliphatic carbocycles. The molecule has 0 radical (unpaired) electrons. The van der Waals surface area contributed by atoms with Crippen LogP contribution >= 0.6 is 0 Å². The summed E-state index contributed by atoms with van der Waals surface area (Å²) < 4.78 is 9.23. The van der Waals surface area contributed by atoms with Gasteiger partial charge >= 0.3 is 11.9 Å². The van der Waals surface area contributed by atoms with E-state index in [0.29, 0.717) is 0 Å². The summed E-state index contributed by atoms with van der Waals surface area (Å²) in [5, 5.41) is 0. The predicted molar refractivity (Wildman–Crippen MR) is 49.4 cm³/mol. The van der Waals surface area contributed by atoms with Crippen LogP contribution in [0, 0.1) is 11.8 Å². The van der Waals surface area contributed by atoms with Crippen LogP contribution in [0.3, 0.4) is 0 Å².